The first kappa shape index (κ1) is 33.0. The summed E-state index contributed by atoms with van der Waals surface area (Å²) in [6.07, 6.45) is 0.979. The fourth-order valence-electron chi connectivity index (χ4n) is 5.65. The topological polar surface area (TPSA) is 149 Å². The lowest BCUT2D eigenvalue weighted by molar-refractivity contribution is -0.158. The van der Waals surface area contributed by atoms with Crippen LogP contribution in [0.15, 0.2) is 41.1 Å². The second-order valence-electron chi connectivity index (χ2n) is 11.2. The van der Waals surface area contributed by atoms with Crippen molar-refractivity contribution in [3.63, 3.8) is 0 Å². The standard InChI is InChI=1S/C32H43NO9/c1-5-19(3)32(39)42-29-14-13-26(33-41-18-21-9-7-8-10-28(21)40-6-2)25-17-27(36)20(4)24(31(25)29)12-11-22(34)15-23(35)16-30(37)38/h7-10,17,19-20,23-24,29,31,35H,5-6,11-16,18H2,1-4H3,(H,37,38)/b33-26-. The molecule has 3 rings (SSSR count). The predicted octanol–water partition coefficient (Wildman–Crippen LogP) is 4.66. The number of ketones is 2. The summed E-state index contributed by atoms with van der Waals surface area (Å²) in [6, 6.07) is 7.52. The van der Waals surface area contributed by atoms with Gasteiger partial charge in [0, 0.05) is 30.2 Å². The normalized spacial score (nSPS) is 24.3. The maximum Gasteiger partial charge on any atom is 0.308 e. The largest absolute Gasteiger partial charge is 0.493 e. The number of ether oxygens (including phenoxy) is 2. The van der Waals surface area contributed by atoms with Crippen molar-refractivity contribution in [1.29, 1.82) is 0 Å². The van der Waals surface area contributed by atoms with Crippen molar-refractivity contribution < 1.29 is 43.7 Å². The minimum Gasteiger partial charge on any atom is -0.493 e. The van der Waals surface area contributed by atoms with Crippen molar-refractivity contribution in [3.8, 4) is 5.75 Å². The summed E-state index contributed by atoms with van der Waals surface area (Å²) >= 11 is 0. The molecule has 0 aromatic heterocycles. The van der Waals surface area contributed by atoms with Crippen LogP contribution in [0, 0.1) is 23.7 Å². The zero-order chi connectivity index (χ0) is 30.8. The molecule has 10 heteroatoms. The number of carbonyl (C=O) groups excluding carboxylic acids is 3. The number of nitrogens with zero attached hydrogens (tertiary/aromatic N) is 1. The van der Waals surface area contributed by atoms with Crippen LogP contribution in [0.25, 0.3) is 0 Å². The molecule has 0 bridgehead atoms. The molecule has 0 amide bonds. The maximum absolute atomic E-state index is 13.2. The molecule has 0 aliphatic heterocycles. The van der Waals surface area contributed by atoms with Gasteiger partial charge >= 0.3 is 11.9 Å². The number of aliphatic carboxylic acids is 1. The molecule has 0 radical (unpaired) electrons. The molecule has 1 aromatic rings. The number of para-hydroxylation sites is 1. The minimum atomic E-state index is -1.27. The van der Waals surface area contributed by atoms with Gasteiger partial charge in [-0.2, -0.15) is 0 Å². The van der Waals surface area contributed by atoms with Crippen LogP contribution >= 0.6 is 0 Å². The Bertz CT molecular complexity index is 1190. The molecular weight excluding hydrogens is 542 g/mol. The average molecular weight is 586 g/mol. The molecule has 6 unspecified atom stereocenters. The van der Waals surface area contributed by atoms with E-state index in [4.69, 9.17) is 19.4 Å². The van der Waals surface area contributed by atoms with Crippen molar-refractivity contribution >= 4 is 29.2 Å². The Morgan fingerprint density at radius 1 is 1.14 bits per heavy atom. The number of hydrogen-bond acceptors (Lipinski definition) is 9. The molecule has 1 aromatic carbocycles. The third kappa shape index (κ3) is 8.74. The van der Waals surface area contributed by atoms with Gasteiger partial charge in [-0.15, -0.1) is 0 Å². The summed E-state index contributed by atoms with van der Waals surface area (Å²) in [5, 5.41) is 23.2. The number of hydrogen-bond donors (Lipinski definition) is 2. The van der Waals surface area contributed by atoms with Crippen LogP contribution in [0.1, 0.15) is 78.2 Å². The Morgan fingerprint density at radius 3 is 2.57 bits per heavy atom. The fraction of sp³-hybridized carbons (Fsp3) is 0.594. The van der Waals surface area contributed by atoms with Crippen LogP contribution in [0.5, 0.6) is 5.75 Å². The lowest BCUT2D eigenvalue weighted by Gasteiger charge is -2.43. The summed E-state index contributed by atoms with van der Waals surface area (Å²) in [5.74, 6) is -2.56. The first-order chi connectivity index (χ1) is 20.0. The van der Waals surface area contributed by atoms with Crippen LogP contribution in [-0.2, 0) is 35.4 Å². The fourth-order valence-corrected chi connectivity index (χ4v) is 5.65. The number of aliphatic hydroxyl groups is 1. The number of oxime groups is 1. The van der Waals surface area contributed by atoms with Gasteiger partial charge < -0.3 is 24.5 Å². The van der Waals surface area contributed by atoms with Crippen LogP contribution in [0.2, 0.25) is 0 Å². The SMILES string of the molecule is CCOc1ccccc1CO/N=C1/CCC(OC(=O)C(C)CC)C2C1=CC(=O)C(C)C2CCC(=O)CC(O)CC(=O)O. The molecule has 1 saturated carbocycles. The summed E-state index contributed by atoms with van der Waals surface area (Å²) < 4.78 is 11.7. The van der Waals surface area contributed by atoms with Crippen LogP contribution < -0.4 is 4.74 Å². The number of benzene rings is 1. The predicted molar refractivity (Wildman–Crippen MR) is 155 cm³/mol. The van der Waals surface area contributed by atoms with E-state index >= 15 is 0 Å². The van der Waals surface area contributed by atoms with Crippen LogP contribution in [0.4, 0.5) is 0 Å². The third-order valence-corrected chi connectivity index (χ3v) is 8.19. The van der Waals surface area contributed by atoms with E-state index in [1.165, 1.54) is 0 Å². The molecule has 42 heavy (non-hydrogen) atoms. The second-order valence-corrected chi connectivity index (χ2v) is 11.2. The van der Waals surface area contributed by atoms with Gasteiger partial charge in [0.15, 0.2) is 5.78 Å². The Labute approximate surface area is 247 Å². The van der Waals surface area contributed by atoms with Crippen molar-refractivity contribution in [2.75, 3.05) is 6.61 Å². The van der Waals surface area contributed by atoms with E-state index < -0.39 is 30.5 Å². The lowest BCUT2D eigenvalue weighted by Crippen LogP contribution is -2.46. The van der Waals surface area contributed by atoms with Crippen molar-refractivity contribution in [2.45, 2.75) is 91.5 Å². The van der Waals surface area contributed by atoms with E-state index in [0.29, 0.717) is 49.3 Å². The Hall–Kier alpha value is -3.53. The van der Waals surface area contributed by atoms with Crippen molar-refractivity contribution in [1.82, 2.24) is 0 Å². The van der Waals surface area contributed by atoms with Gasteiger partial charge in [0.05, 0.1) is 30.8 Å². The number of aliphatic hydroxyl groups excluding tert-OH is 1. The molecule has 6 atom stereocenters. The van der Waals surface area contributed by atoms with Gasteiger partial charge in [-0.1, -0.05) is 44.1 Å². The quantitative estimate of drug-likeness (QED) is 0.221. The van der Waals surface area contributed by atoms with Gasteiger partial charge in [0.25, 0.3) is 0 Å². The van der Waals surface area contributed by atoms with E-state index in [0.717, 1.165) is 5.56 Å². The van der Waals surface area contributed by atoms with Crippen LogP contribution in [-0.4, -0.2) is 58.2 Å². The zero-order valence-electron chi connectivity index (χ0n) is 24.9. The zero-order valence-corrected chi connectivity index (χ0v) is 24.9. The molecule has 0 spiro atoms. The summed E-state index contributed by atoms with van der Waals surface area (Å²) in [4.78, 5) is 55.3. The van der Waals surface area contributed by atoms with Gasteiger partial charge in [-0.3, -0.25) is 19.2 Å². The van der Waals surface area contributed by atoms with Gasteiger partial charge in [-0.05, 0) is 56.2 Å². The van der Waals surface area contributed by atoms with Crippen LogP contribution in [0.3, 0.4) is 0 Å². The first-order valence-corrected chi connectivity index (χ1v) is 14.8. The number of esters is 1. The number of rotatable bonds is 15. The van der Waals surface area contributed by atoms with E-state index in [2.05, 4.69) is 5.16 Å². The van der Waals surface area contributed by atoms with E-state index in [1.54, 1.807) is 6.08 Å². The molecule has 2 N–H and O–H groups in total. The summed E-state index contributed by atoms with van der Waals surface area (Å²) in [5.41, 5.74) is 2.10. The van der Waals surface area contributed by atoms with E-state index in [9.17, 15) is 24.3 Å². The highest BCUT2D eigenvalue weighted by molar-refractivity contribution is 6.08. The highest BCUT2D eigenvalue weighted by atomic mass is 16.6. The molecule has 0 saturated heterocycles. The second kappa shape index (κ2) is 15.6. The molecule has 10 nitrogen and oxygen atoms in total. The van der Waals surface area contributed by atoms with Crippen molar-refractivity contribution in [2.24, 2.45) is 28.8 Å². The Kier molecular flexibility index (Phi) is 12.3. The van der Waals surface area contributed by atoms with E-state index in [1.807, 2.05) is 52.0 Å². The molecule has 1 fully saturated rings. The number of Topliss-reactive ketones (excluding diaryl/α,β-unsaturated/α-hetero) is 1. The monoisotopic (exact) mass is 585 g/mol. The molecular formula is C32H43NO9. The number of fused-ring (bicyclic) bond motifs is 1. The lowest BCUT2D eigenvalue weighted by atomic mass is 9.63. The summed E-state index contributed by atoms with van der Waals surface area (Å²) in [7, 11) is 0. The van der Waals surface area contributed by atoms with Crippen molar-refractivity contribution in [3.05, 3.63) is 41.5 Å². The van der Waals surface area contributed by atoms with Gasteiger partial charge in [0.1, 0.15) is 24.2 Å². The minimum absolute atomic E-state index is 0.0615. The smallest absolute Gasteiger partial charge is 0.308 e. The Balaban J connectivity index is 1.84. The average Bonchev–Trinajstić information content (AvgIpc) is 2.94. The first-order valence-electron chi connectivity index (χ1n) is 14.8. The van der Waals surface area contributed by atoms with Gasteiger partial charge in [-0.25, -0.2) is 0 Å². The number of carboxylic acids is 1. The molecule has 2 aliphatic carbocycles. The number of carbonyl (C=O) groups is 4. The number of allylic oxidation sites excluding steroid dienone is 1. The maximum atomic E-state index is 13.2. The molecule has 2 aliphatic rings. The Morgan fingerprint density at radius 2 is 1.88 bits per heavy atom. The highest BCUT2D eigenvalue weighted by Gasteiger charge is 2.46. The highest BCUT2D eigenvalue weighted by Crippen LogP contribution is 2.44. The molecule has 230 valence electrons. The number of carboxylic acid groups (broad SMARTS) is 1. The van der Waals surface area contributed by atoms with E-state index in [-0.39, 0.29) is 54.7 Å². The summed E-state index contributed by atoms with van der Waals surface area (Å²) in [6.45, 7) is 8.13. The molecule has 0 heterocycles. The van der Waals surface area contributed by atoms with Gasteiger partial charge in [0.2, 0.25) is 0 Å². The third-order valence-electron chi connectivity index (χ3n) is 8.19.